The molecule has 22 heavy (non-hydrogen) atoms. The third-order valence-electron chi connectivity index (χ3n) is 3.22. The highest BCUT2D eigenvalue weighted by Gasteiger charge is 2.42. The Morgan fingerprint density at radius 1 is 1.55 bits per heavy atom. The smallest absolute Gasteiger partial charge is 0.411 e. The first-order valence-electron chi connectivity index (χ1n) is 7.22. The van der Waals surface area contributed by atoms with E-state index in [2.05, 4.69) is 10.1 Å². The van der Waals surface area contributed by atoms with E-state index in [1.54, 1.807) is 45.3 Å². The van der Waals surface area contributed by atoms with E-state index in [0.717, 1.165) is 12.8 Å². The standard InChI is InChI=1S/C15H22N4O3/c1-15(2,3)22-14(20)19(11-6-7-11)12(13(16)18-21)10-5-4-8-17-9-10/h4-5,8-9,11-12,21H,6-7H2,1-3H3,(H2,16,18). The third-order valence-corrected chi connectivity index (χ3v) is 3.22. The molecule has 1 aromatic heterocycles. The zero-order valence-electron chi connectivity index (χ0n) is 13.1. The summed E-state index contributed by atoms with van der Waals surface area (Å²) >= 11 is 0. The molecule has 0 spiro atoms. The summed E-state index contributed by atoms with van der Waals surface area (Å²) in [5.41, 5.74) is 5.90. The van der Waals surface area contributed by atoms with Crippen LogP contribution in [0.1, 0.15) is 45.2 Å². The molecule has 1 saturated carbocycles. The number of amidine groups is 1. The molecule has 1 amide bonds. The monoisotopic (exact) mass is 306 g/mol. The predicted molar refractivity (Wildman–Crippen MR) is 81.5 cm³/mol. The van der Waals surface area contributed by atoms with Crippen LogP contribution in [0, 0.1) is 0 Å². The molecule has 120 valence electrons. The van der Waals surface area contributed by atoms with Crippen LogP contribution in [0.15, 0.2) is 29.7 Å². The van der Waals surface area contributed by atoms with E-state index in [0.29, 0.717) is 5.56 Å². The summed E-state index contributed by atoms with van der Waals surface area (Å²) in [5.74, 6) is -0.0641. The van der Waals surface area contributed by atoms with Crippen molar-refractivity contribution in [1.82, 2.24) is 9.88 Å². The molecule has 1 fully saturated rings. The van der Waals surface area contributed by atoms with Gasteiger partial charge in [-0.25, -0.2) is 4.79 Å². The molecule has 7 heteroatoms. The first-order chi connectivity index (χ1) is 10.3. The van der Waals surface area contributed by atoms with Crippen LogP contribution in [0.3, 0.4) is 0 Å². The molecule has 1 aliphatic carbocycles. The van der Waals surface area contributed by atoms with E-state index < -0.39 is 17.7 Å². The molecule has 1 aromatic rings. The van der Waals surface area contributed by atoms with Crippen molar-refractivity contribution in [3.8, 4) is 0 Å². The molecular formula is C15H22N4O3. The van der Waals surface area contributed by atoms with Crippen molar-refractivity contribution in [3.05, 3.63) is 30.1 Å². The Bertz CT molecular complexity index is 550. The normalized spacial score (nSPS) is 17.0. The number of oxime groups is 1. The lowest BCUT2D eigenvalue weighted by atomic mass is 10.1. The lowest BCUT2D eigenvalue weighted by Gasteiger charge is -2.33. The summed E-state index contributed by atoms with van der Waals surface area (Å²) in [4.78, 5) is 18.2. The van der Waals surface area contributed by atoms with Gasteiger partial charge in [-0.05, 0) is 39.7 Å². The summed E-state index contributed by atoms with van der Waals surface area (Å²) in [6, 6.07) is 2.87. The maximum atomic E-state index is 12.6. The average Bonchev–Trinajstić information content (AvgIpc) is 3.27. The molecule has 7 nitrogen and oxygen atoms in total. The first kappa shape index (κ1) is 16.1. The molecule has 0 radical (unpaired) electrons. The lowest BCUT2D eigenvalue weighted by Crippen LogP contribution is -2.45. The van der Waals surface area contributed by atoms with Crippen molar-refractivity contribution < 1.29 is 14.7 Å². The van der Waals surface area contributed by atoms with Gasteiger partial charge in [-0.3, -0.25) is 9.88 Å². The van der Waals surface area contributed by atoms with Gasteiger partial charge in [0.25, 0.3) is 0 Å². The molecule has 2 rings (SSSR count). The van der Waals surface area contributed by atoms with Gasteiger partial charge in [-0.1, -0.05) is 11.2 Å². The Labute approximate surface area is 129 Å². The number of rotatable bonds is 4. The fourth-order valence-electron chi connectivity index (χ4n) is 2.20. The Morgan fingerprint density at radius 3 is 2.68 bits per heavy atom. The highest BCUT2D eigenvalue weighted by atomic mass is 16.6. The van der Waals surface area contributed by atoms with E-state index in [4.69, 9.17) is 15.7 Å². The minimum absolute atomic E-state index is 0.0281. The summed E-state index contributed by atoms with van der Waals surface area (Å²) in [6.07, 6.45) is 4.49. The number of nitrogens with zero attached hydrogens (tertiary/aromatic N) is 3. The number of aromatic nitrogens is 1. The maximum Gasteiger partial charge on any atom is 0.411 e. The Balaban J connectivity index is 2.36. The molecule has 1 unspecified atom stereocenters. The number of carbonyl (C=O) groups excluding carboxylic acids is 1. The lowest BCUT2D eigenvalue weighted by molar-refractivity contribution is 0.0189. The number of carbonyl (C=O) groups is 1. The van der Waals surface area contributed by atoms with Crippen LogP contribution in [0.25, 0.3) is 0 Å². The molecule has 0 bridgehead atoms. The third kappa shape index (κ3) is 3.87. The van der Waals surface area contributed by atoms with Gasteiger partial charge in [0.05, 0.1) is 0 Å². The minimum Gasteiger partial charge on any atom is -0.444 e. The summed E-state index contributed by atoms with van der Waals surface area (Å²) in [6.45, 7) is 5.41. The molecule has 0 aromatic carbocycles. The Morgan fingerprint density at radius 2 is 2.23 bits per heavy atom. The summed E-state index contributed by atoms with van der Waals surface area (Å²) < 4.78 is 5.47. The number of hydrogen-bond donors (Lipinski definition) is 2. The van der Waals surface area contributed by atoms with E-state index >= 15 is 0 Å². The number of amides is 1. The van der Waals surface area contributed by atoms with Gasteiger partial charge in [0.1, 0.15) is 11.6 Å². The highest BCUT2D eigenvalue weighted by Crippen LogP contribution is 2.35. The van der Waals surface area contributed by atoms with Gasteiger partial charge in [0.15, 0.2) is 5.84 Å². The van der Waals surface area contributed by atoms with Crippen LogP contribution in [0.2, 0.25) is 0 Å². The zero-order valence-corrected chi connectivity index (χ0v) is 13.1. The van der Waals surface area contributed by atoms with Crippen LogP contribution >= 0.6 is 0 Å². The zero-order chi connectivity index (χ0) is 16.3. The van der Waals surface area contributed by atoms with Gasteiger partial charge in [-0.2, -0.15) is 0 Å². The van der Waals surface area contributed by atoms with E-state index in [1.165, 1.54) is 4.90 Å². The van der Waals surface area contributed by atoms with Gasteiger partial charge in [-0.15, -0.1) is 0 Å². The number of nitrogens with two attached hydrogens (primary N) is 1. The van der Waals surface area contributed by atoms with Crippen molar-refractivity contribution in [3.63, 3.8) is 0 Å². The van der Waals surface area contributed by atoms with Crippen molar-refractivity contribution in [2.24, 2.45) is 10.9 Å². The Kier molecular flexibility index (Phi) is 4.54. The van der Waals surface area contributed by atoms with Crippen LogP contribution in [-0.2, 0) is 4.74 Å². The van der Waals surface area contributed by atoms with Crippen molar-refractivity contribution >= 4 is 11.9 Å². The summed E-state index contributed by atoms with van der Waals surface area (Å²) in [5, 5.41) is 12.2. The molecule has 0 aliphatic heterocycles. The van der Waals surface area contributed by atoms with Gasteiger partial charge >= 0.3 is 6.09 Å². The molecule has 1 heterocycles. The second-order valence-corrected chi connectivity index (χ2v) is 6.33. The van der Waals surface area contributed by atoms with Crippen molar-refractivity contribution in [1.29, 1.82) is 0 Å². The van der Waals surface area contributed by atoms with E-state index in [-0.39, 0.29) is 11.9 Å². The predicted octanol–water partition coefficient (Wildman–Crippen LogP) is 2.27. The largest absolute Gasteiger partial charge is 0.444 e. The number of ether oxygens (including phenoxy) is 1. The summed E-state index contributed by atoms with van der Waals surface area (Å²) in [7, 11) is 0. The molecule has 1 atom stereocenters. The Hall–Kier alpha value is -2.31. The minimum atomic E-state index is -0.693. The van der Waals surface area contributed by atoms with Gasteiger partial charge < -0.3 is 15.7 Å². The second-order valence-electron chi connectivity index (χ2n) is 6.33. The fraction of sp³-hybridized carbons (Fsp3) is 0.533. The van der Waals surface area contributed by atoms with Crippen molar-refractivity contribution in [2.75, 3.05) is 0 Å². The van der Waals surface area contributed by atoms with Gasteiger partial charge in [0.2, 0.25) is 0 Å². The molecule has 3 N–H and O–H groups in total. The SMILES string of the molecule is CC(C)(C)OC(=O)N(C1CC1)C(/C(N)=N/O)c1cccnc1. The first-order valence-corrected chi connectivity index (χ1v) is 7.22. The molecular weight excluding hydrogens is 284 g/mol. The van der Waals surface area contributed by atoms with Crippen LogP contribution in [0.4, 0.5) is 4.79 Å². The average molecular weight is 306 g/mol. The molecule has 0 saturated heterocycles. The maximum absolute atomic E-state index is 12.6. The van der Waals surface area contributed by atoms with Crippen LogP contribution in [0.5, 0.6) is 0 Å². The topological polar surface area (TPSA) is 101 Å². The quantitative estimate of drug-likeness (QED) is 0.384. The van der Waals surface area contributed by atoms with Crippen LogP contribution < -0.4 is 5.73 Å². The van der Waals surface area contributed by atoms with E-state index in [9.17, 15) is 4.79 Å². The number of hydrogen-bond acceptors (Lipinski definition) is 5. The second kappa shape index (κ2) is 6.21. The molecule has 1 aliphatic rings. The number of pyridine rings is 1. The van der Waals surface area contributed by atoms with Crippen LogP contribution in [-0.4, -0.2) is 38.7 Å². The van der Waals surface area contributed by atoms with E-state index in [1.807, 2.05) is 0 Å². The fourth-order valence-corrected chi connectivity index (χ4v) is 2.20. The highest BCUT2D eigenvalue weighted by molar-refractivity contribution is 5.89. The van der Waals surface area contributed by atoms with Crippen molar-refractivity contribution in [2.45, 2.75) is 51.3 Å². The van der Waals surface area contributed by atoms with Gasteiger partial charge in [0, 0.05) is 24.0 Å².